The molecule has 9 nitrogen and oxygen atoms in total. The molecule has 248 valence electrons. The van der Waals surface area contributed by atoms with Crippen LogP contribution in [0.15, 0.2) is 54.6 Å². The summed E-state index contributed by atoms with van der Waals surface area (Å²) in [7, 11) is 2.89. The summed E-state index contributed by atoms with van der Waals surface area (Å²) in [5.41, 5.74) is 9.60. The number of nitrogens with one attached hydrogen (secondary N) is 1. The number of ether oxygens (including phenoxy) is 1. The van der Waals surface area contributed by atoms with Crippen molar-refractivity contribution in [1.82, 2.24) is 10.2 Å². The Morgan fingerprint density at radius 2 is 1.59 bits per heavy atom. The van der Waals surface area contributed by atoms with Crippen molar-refractivity contribution in [3.05, 3.63) is 99.6 Å². The molecule has 0 bridgehead atoms. The fourth-order valence-corrected chi connectivity index (χ4v) is 5.68. The summed E-state index contributed by atoms with van der Waals surface area (Å²) in [6.45, 7) is 7.12. The van der Waals surface area contributed by atoms with E-state index in [1.807, 2.05) is 26.0 Å². The Balaban J connectivity index is 2.08. The second kappa shape index (κ2) is 16.8. The van der Waals surface area contributed by atoms with Crippen molar-refractivity contribution in [3.8, 4) is 0 Å². The molecule has 0 spiro atoms. The molecule has 2 amide bonds. The van der Waals surface area contributed by atoms with Crippen molar-refractivity contribution in [1.29, 1.82) is 0 Å². The van der Waals surface area contributed by atoms with Gasteiger partial charge in [-0.05, 0) is 84.8 Å². The van der Waals surface area contributed by atoms with Crippen LogP contribution in [0.4, 0.5) is 19.3 Å². The third-order valence-corrected chi connectivity index (χ3v) is 7.78. The minimum absolute atomic E-state index is 0.0225. The first kappa shape index (κ1) is 36.1. The van der Waals surface area contributed by atoms with Gasteiger partial charge < -0.3 is 25.8 Å². The number of aryl methyl sites for hydroxylation is 1. The van der Waals surface area contributed by atoms with Gasteiger partial charge in [-0.1, -0.05) is 26.0 Å². The van der Waals surface area contributed by atoms with Crippen LogP contribution in [0.1, 0.15) is 75.6 Å². The summed E-state index contributed by atoms with van der Waals surface area (Å²) in [5, 5.41) is 13.7. The lowest BCUT2D eigenvalue weighted by Crippen LogP contribution is -2.40. The van der Waals surface area contributed by atoms with E-state index in [2.05, 4.69) is 5.32 Å². The molecule has 0 saturated carbocycles. The lowest BCUT2D eigenvalue weighted by Gasteiger charge is -2.30. The molecule has 0 radical (unpaired) electrons. The lowest BCUT2D eigenvalue weighted by atomic mass is 9.81. The molecule has 0 aliphatic rings. The van der Waals surface area contributed by atoms with Gasteiger partial charge in [0.15, 0.2) is 0 Å². The van der Waals surface area contributed by atoms with Crippen molar-refractivity contribution in [2.45, 2.75) is 58.5 Å². The van der Waals surface area contributed by atoms with Crippen LogP contribution in [-0.2, 0) is 17.7 Å². The van der Waals surface area contributed by atoms with Crippen LogP contribution in [-0.4, -0.2) is 67.8 Å². The van der Waals surface area contributed by atoms with Gasteiger partial charge in [-0.3, -0.25) is 9.69 Å². The molecule has 0 saturated heterocycles. The Morgan fingerprint density at radius 1 is 0.957 bits per heavy atom. The second-order valence-electron chi connectivity index (χ2n) is 11.5. The maximum Gasteiger partial charge on any atom is 0.413 e. The monoisotopic (exact) mass is 638 g/mol. The molecule has 0 unspecified atom stereocenters. The van der Waals surface area contributed by atoms with Gasteiger partial charge in [0.2, 0.25) is 0 Å². The van der Waals surface area contributed by atoms with Crippen LogP contribution in [0, 0.1) is 18.6 Å². The summed E-state index contributed by atoms with van der Waals surface area (Å²) in [6.07, 6.45) is 0.939. The standard InChI is InChI=1S/C35H44F2N4O5/c1-6-11-41(12-7-2)33(42)28-13-22(3)14-29(34(43)44)32(28)30(31(38)18-24-15-25(36)19-26(37)16-24)21-39-20-23-9-8-10-27(17-23)40(4)35(45)46-5/h8-10,13-17,19,30-31,39H,6-7,11-12,18,20-21,38H2,1-5H3,(H,43,44)/t30-,31+/m1/s1. The second-order valence-corrected chi connectivity index (χ2v) is 11.5. The Bertz CT molecular complexity index is 1510. The molecule has 0 heterocycles. The molecule has 4 N–H and O–H groups in total. The van der Waals surface area contributed by atoms with E-state index < -0.39 is 35.7 Å². The fourth-order valence-electron chi connectivity index (χ4n) is 5.68. The lowest BCUT2D eigenvalue weighted by molar-refractivity contribution is 0.0694. The van der Waals surface area contributed by atoms with Crippen LogP contribution >= 0.6 is 0 Å². The van der Waals surface area contributed by atoms with Crippen LogP contribution < -0.4 is 16.0 Å². The third kappa shape index (κ3) is 9.34. The molecule has 3 aromatic rings. The molecular weight excluding hydrogens is 594 g/mol. The molecule has 3 aromatic carbocycles. The molecule has 0 fully saturated rings. The van der Waals surface area contributed by atoms with E-state index in [4.69, 9.17) is 10.5 Å². The first-order chi connectivity index (χ1) is 21.9. The third-order valence-electron chi connectivity index (χ3n) is 7.78. The Kier molecular flexibility index (Phi) is 13.2. The number of amides is 2. The number of benzene rings is 3. The van der Waals surface area contributed by atoms with Crippen molar-refractivity contribution in [2.24, 2.45) is 5.73 Å². The number of carbonyl (C=O) groups excluding carboxylic acids is 2. The normalized spacial score (nSPS) is 12.3. The van der Waals surface area contributed by atoms with Crippen molar-refractivity contribution >= 4 is 23.7 Å². The summed E-state index contributed by atoms with van der Waals surface area (Å²) >= 11 is 0. The number of carboxylic acid groups (broad SMARTS) is 1. The first-order valence-electron chi connectivity index (χ1n) is 15.4. The topological polar surface area (TPSA) is 125 Å². The van der Waals surface area contributed by atoms with Crippen molar-refractivity contribution in [3.63, 3.8) is 0 Å². The number of rotatable bonds is 15. The average molecular weight is 639 g/mol. The van der Waals surface area contributed by atoms with Crippen LogP contribution in [0.3, 0.4) is 0 Å². The van der Waals surface area contributed by atoms with E-state index in [1.54, 1.807) is 37.1 Å². The average Bonchev–Trinajstić information content (AvgIpc) is 3.01. The van der Waals surface area contributed by atoms with E-state index in [9.17, 15) is 28.3 Å². The molecule has 0 aliphatic heterocycles. The zero-order valence-electron chi connectivity index (χ0n) is 27.1. The largest absolute Gasteiger partial charge is 0.478 e. The number of halogens is 2. The maximum atomic E-state index is 14.1. The highest BCUT2D eigenvalue weighted by Crippen LogP contribution is 2.31. The zero-order valence-corrected chi connectivity index (χ0v) is 27.1. The van der Waals surface area contributed by atoms with Gasteiger partial charge in [-0.25, -0.2) is 18.4 Å². The van der Waals surface area contributed by atoms with Gasteiger partial charge in [-0.2, -0.15) is 0 Å². The predicted octanol–water partition coefficient (Wildman–Crippen LogP) is 5.88. The van der Waals surface area contributed by atoms with Gasteiger partial charge >= 0.3 is 12.1 Å². The molecule has 0 aromatic heterocycles. The van der Waals surface area contributed by atoms with E-state index >= 15 is 0 Å². The number of nitrogens with zero attached hydrogens (tertiary/aromatic N) is 2. The van der Waals surface area contributed by atoms with Gasteiger partial charge in [0.05, 0.1) is 12.7 Å². The van der Waals surface area contributed by atoms with Crippen LogP contribution in [0.25, 0.3) is 0 Å². The van der Waals surface area contributed by atoms with E-state index in [0.29, 0.717) is 36.4 Å². The van der Waals surface area contributed by atoms with Gasteiger partial charge in [0, 0.05) is 62.5 Å². The molecular formula is C35H44F2N4O5. The van der Waals surface area contributed by atoms with Crippen molar-refractivity contribution < 1.29 is 33.0 Å². The number of aromatic carboxylic acids is 1. The number of anilines is 1. The number of methoxy groups -OCH3 is 1. The summed E-state index contributed by atoms with van der Waals surface area (Å²) in [6, 6.07) is 12.8. The SMILES string of the molecule is CCCN(CCC)C(=O)c1cc(C)cc(C(=O)O)c1[C@H](CNCc1cccc(N(C)C(=O)OC)c1)[C@@H](N)Cc1cc(F)cc(F)c1. The Morgan fingerprint density at radius 3 is 2.17 bits per heavy atom. The highest BCUT2D eigenvalue weighted by Gasteiger charge is 2.32. The van der Waals surface area contributed by atoms with Crippen LogP contribution in [0.5, 0.6) is 0 Å². The molecule has 2 atom stereocenters. The number of nitrogens with two attached hydrogens (primary N) is 1. The number of carboxylic acids is 1. The summed E-state index contributed by atoms with van der Waals surface area (Å²) < 4.78 is 33.0. The Labute approximate surface area is 269 Å². The predicted molar refractivity (Wildman–Crippen MR) is 174 cm³/mol. The van der Waals surface area contributed by atoms with Gasteiger partial charge in [0.1, 0.15) is 11.6 Å². The van der Waals surface area contributed by atoms with Gasteiger partial charge in [-0.15, -0.1) is 0 Å². The first-order valence-corrected chi connectivity index (χ1v) is 15.4. The zero-order chi connectivity index (χ0) is 34.0. The minimum atomic E-state index is -1.21. The summed E-state index contributed by atoms with van der Waals surface area (Å²) in [4.78, 5) is 41.9. The smallest absolute Gasteiger partial charge is 0.413 e. The summed E-state index contributed by atoms with van der Waals surface area (Å²) in [5.74, 6) is -3.75. The minimum Gasteiger partial charge on any atom is -0.478 e. The highest BCUT2D eigenvalue weighted by atomic mass is 19.1. The molecule has 0 aliphatic carbocycles. The maximum absolute atomic E-state index is 14.1. The van der Waals surface area contributed by atoms with Gasteiger partial charge in [0.25, 0.3) is 5.91 Å². The van der Waals surface area contributed by atoms with E-state index in [-0.39, 0.29) is 35.6 Å². The molecule has 3 rings (SSSR count). The fraction of sp³-hybridized carbons (Fsp3) is 0.400. The van der Waals surface area contributed by atoms with Crippen LogP contribution in [0.2, 0.25) is 0 Å². The van der Waals surface area contributed by atoms with E-state index in [1.165, 1.54) is 30.2 Å². The molecule has 11 heteroatoms. The van der Waals surface area contributed by atoms with E-state index in [0.717, 1.165) is 24.5 Å². The molecule has 46 heavy (non-hydrogen) atoms. The van der Waals surface area contributed by atoms with Crippen molar-refractivity contribution in [2.75, 3.05) is 38.7 Å². The number of hydrogen-bond donors (Lipinski definition) is 3. The highest BCUT2D eigenvalue weighted by molar-refractivity contribution is 6.01. The quantitative estimate of drug-likeness (QED) is 0.190. The Hall–Kier alpha value is -4.35. The number of carbonyl (C=O) groups is 3. The number of hydrogen-bond acceptors (Lipinski definition) is 6.